The van der Waals surface area contributed by atoms with Crippen LogP contribution in [0.15, 0.2) is 12.5 Å². The molecule has 1 aliphatic heterocycles. The molecule has 0 amide bonds. The second-order valence-electron chi connectivity index (χ2n) is 3.52. The third-order valence-electron chi connectivity index (χ3n) is 2.63. The second-order valence-corrected chi connectivity index (χ2v) is 3.52. The predicted molar refractivity (Wildman–Crippen MR) is 53.1 cm³/mol. The molecule has 1 fully saturated rings. The molecule has 0 saturated carbocycles. The SMILES string of the molecule is c1nc(N2CCCC2)c2cn[nH]c2n1. The molecule has 2 aromatic rings. The number of hydrogen-bond acceptors (Lipinski definition) is 4. The van der Waals surface area contributed by atoms with Gasteiger partial charge in [-0.05, 0) is 12.8 Å². The lowest BCUT2D eigenvalue weighted by Gasteiger charge is -2.15. The zero-order chi connectivity index (χ0) is 9.38. The van der Waals surface area contributed by atoms with Crippen LogP contribution in [0.5, 0.6) is 0 Å². The van der Waals surface area contributed by atoms with Crippen LogP contribution in [0, 0.1) is 0 Å². The third kappa shape index (κ3) is 1.05. The summed E-state index contributed by atoms with van der Waals surface area (Å²) in [6.07, 6.45) is 5.89. The van der Waals surface area contributed by atoms with Gasteiger partial charge < -0.3 is 4.90 Å². The Morgan fingerprint density at radius 2 is 2.07 bits per heavy atom. The average Bonchev–Trinajstić information content (AvgIpc) is 2.88. The fourth-order valence-electron chi connectivity index (χ4n) is 1.93. The molecular formula is C9H11N5. The van der Waals surface area contributed by atoms with Gasteiger partial charge in [-0.3, -0.25) is 5.10 Å². The Hall–Kier alpha value is -1.65. The van der Waals surface area contributed by atoms with Crippen LogP contribution < -0.4 is 4.90 Å². The predicted octanol–water partition coefficient (Wildman–Crippen LogP) is 0.953. The summed E-state index contributed by atoms with van der Waals surface area (Å²) in [5.41, 5.74) is 0.821. The Kier molecular flexibility index (Phi) is 1.62. The van der Waals surface area contributed by atoms with E-state index < -0.39 is 0 Å². The molecule has 72 valence electrons. The number of nitrogens with zero attached hydrogens (tertiary/aromatic N) is 4. The van der Waals surface area contributed by atoms with Crippen LogP contribution in [0.2, 0.25) is 0 Å². The van der Waals surface area contributed by atoms with Crippen LogP contribution in [0.3, 0.4) is 0 Å². The van der Waals surface area contributed by atoms with E-state index in [9.17, 15) is 0 Å². The van der Waals surface area contributed by atoms with Gasteiger partial charge >= 0.3 is 0 Å². The largest absolute Gasteiger partial charge is 0.356 e. The van der Waals surface area contributed by atoms with Gasteiger partial charge in [0.15, 0.2) is 5.65 Å². The van der Waals surface area contributed by atoms with Crippen LogP contribution in [-0.4, -0.2) is 33.3 Å². The maximum absolute atomic E-state index is 4.32. The molecule has 0 spiro atoms. The van der Waals surface area contributed by atoms with Crippen molar-refractivity contribution in [1.82, 2.24) is 20.2 Å². The van der Waals surface area contributed by atoms with Crippen LogP contribution >= 0.6 is 0 Å². The quantitative estimate of drug-likeness (QED) is 0.725. The molecule has 0 unspecified atom stereocenters. The molecule has 0 atom stereocenters. The highest BCUT2D eigenvalue weighted by Crippen LogP contribution is 2.23. The van der Waals surface area contributed by atoms with Gasteiger partial charge in [-0.15, -0.1) is 0 Å². The zero-order valence-corrected chi connectivity index (χ0v) is 7.77. The Bertz CT molecular complexity index is 443. The van der Waals surface area contributed by atoms with Crippen LogP contribution in [0.1, 0.15) is 12.8 Å². The first kappa shape index (κ1) is 7.73. The van der Waals surface area contributed by atoms with Crippen molar-refractivity contribution in [2.75, 3.05) is 18.0 Å². The lowest BCUT2D eigenvalue weighted by atomic mass is 10.4. The number of aromatic nitrogens is 4. The Morgan fingerprint density at radius 3 is 2.93 bits per heavy atom. The second kappa shape index (κ2) is 2.94. The Labute approximate surface area is 81.2 Å². The van der Waals surface area contributed by atoms with Crippen LogP contribution in [0.25, 0.3) is 11.0 Å². The van der Waals surface area contributed by atoms with E-state index in [4.69, 9.17) is 0 Å². The van der Waals surface area contributed by atoms with Crippen molar-refractivity contribution < 1.29 is 0 Å². The van der Waals surface area contributed by atoms with E-state index in [1.807, 2.05) is 0 Å². The molecule has 5 nitrogen and oxygen atoms in total. The van der Waals surface area contributed by atoms with Crippen molar-refractivity contribution >= 4 is 16.9 Å². The summed E-state index contributed by atoms with van der Waals surface area (Å²) in [4.78, 5) is 10.7. The molecule has 0 aliphatic carbocycles. The normalized spacial score (nSPS) is 16.7. The molecule has 14 heavy (non-hydrogen) atoms. The topological polar surface area (TPSA) is 57.7 Å². The van der Waals surface area contributed by atoms with Gasteiger partial charge in [-0.25, -0.2) is 9.97 Å². The van der Waals surface area contributed by atoms with E-state index in [-0.39, 0.29) is 0 Å². The highest BCUT2D eigenvalue weighted by atomic mass is 15.2. The van der Waals surface area contributed by atoms with E-state index in [0.29, 0.717) is 0 Å². The van der Waals surface area contributed by atoms with Crippen molar-refractivity contribution in [3.63, 3.8) is 0 Å². The summed E-state index contributed by atoms with van der Waals surface area (Å²) in [5.74, 6) is 1.02. The van der Waals surface area contributed by atoms with E-state index in [1.54, 1.807) is 12.5 Å². The zero-order valence-electron chi connectivity index (χ0n) is 7.77. The standard InChI is InChI=1S/C9H11N5/c1-2-4-14(3-1)9-7-5-12-13-8(7)10-6-11-9/h5-6H,1-4H2,(H,10,11,12,13). The minimum atomic E-state index is 0.821. The number of nitrogens with one attached hydrogen (secondary N) is 1. The molecule has 3 heterocycles. The van der Waals surface area contributed by atoms with Crippen LogP contribution in [0.4, 0.5) is 5.82 Å². The Balaban J connectivity index is 2.14. The number of H-pyrrole nitrogens is 1. The maximum Gasteiger partial charge on any atom is 0.160 e. The fraction of sp³-hybridized carbons (Fsp3) is 0.444. The summed E-state index contributed by atoms with van der Waals surface area (Å²) < 4.78 is 0. The number of rotatable bonds is 1. The molecule has 2 aromatic heterocycles. The molecule has 1 saturated heterocycles. The lowest BCUT2D eigenvalue weighted by Crippen LogP contribution is -2.19. The van der Waals surface area contributed by atoms with Gasteiger partial charge in [-0.2, -0.15) is 5.10 Å². The van der Waals surface area contributed by atoms with E-state index in [2.05, 4.69) is 25.1 Å². The summed E-state index contributed by atoms with van der Waals surface area (Å²) in [6, 6.07) is 0. The van der Waals surface area contributed by atoms with Crippen molar-refractivity contribution in [2.24, 2.45) is 0 Å². The van der Waals surface area contributed by atoms with Crippen molar-refractivity contribution in [1.29, 1.82) is 0 Å². The summed E-state index contributed by atoms with van der Waals surface area (Å²) >= 11 is 0. The van der Waals surface area contributed by atoms with Gasteiger partial charge in [0, 0.05) is 13.1 Å². The Morgan fingerprint density at radius 1 is 1.21 bits per heavy atom. The summed E-state index contributed by atoms with van der Waals surface area (Å²) in [6.45, 7) is 2.19. The maximum atomic E-state index is 4.32. The van der Waals surface area contributed by atoms with Crippen molar-refractivity contribution in [2.45, 2.75) is 12.8 Å². The minimum absolute atomic E-state index is 0.821. The number of anilines is 1. The van der Waals surface area contributed by atoms with E-state index in [0.717, 1.165) is 29.9 Å². The molecule has 1 N–H and O–H groups in total. The first-order valence-corrected chi connectivity index (χ1v) is 4.84. The summed E-state index contributed by atoms with van der Waals surface area (Å²) in [7, 11) is 0. The highest BCUT2D eigenvalue weighted by Gasteiger charge is 2.16. The third-order valence-corrected chi connectivity index (χ3v) is 2.63. The first-order valence-electron chi connectivity index (χ1n) is 4.84. The van der Waals surface area contributed by atoms with Gasteiger partial charge in [0.05, 0.1) is 11.6 Å². The average molecular weight is 189 g/mol. The van der Waals surface area contributed by atoms with Gasteiger partial charge in [0.25, 0.3) is 0 Å². The number of hydrogen-bond donors (Lipinski definition) is 1. The molecule has 3 rings (SSSR count). The van der Waals surface area contributed by atoms with Crippen LogP contribution in [-0.2, 0) is 0 Å². The van der Waals surface area contributed by atoms with Gasteiger partial charge in [0.2, 0.25) is 0 Å². The molecule has 0 aromatic carbocycles. The molecule has 0 radical (unpaired) electrons. The van der Waals surface area contributed by atoms with Crippen molar-refractivity contribution in [3.05, 3.63) is 12.5 Å². The number of fused-ring (bicyclic) bond motifs is 1. The number of aromatic amines is 1. The fourth-order valence-corrected chi connectivity index (χ4v) is 1.93. The lowest BCUT2D eigenvalue weighted by molar-refractivity contribution is 0.939. The van der Waals surface area contributed by atoms with Crippen molar-refractivity contribution in [3.8, 4) is 0 Å². The smallest absolute Gasteiger partial charge is 0.160 e. The molecule has 5 heteroatoms. The van der Waals surface area contributed by atoms with Gasteiger partial charge in [0.1, 0.15) is 12.1 Å². The molecule has 0 bridgehead atoms. The molecule has 1 aliphatic rings. The summed E-state index contributed by atoms with van der Waals surface area (Å²) in [5, 5.41) is 7.86. The monoisotopic (exact) mass is 189 g/mol. The highest BCUT2D eigenvalue weighted by molar-refractivity contribution is 5.86. The molecular weight excluding hydrogens is 178 g/mol. The van der Waals surface area contributed by atoms with E-state index in [1.165, 1.54) is 12.8 Å². The first-order chi connectivity index (χ1) is 6.95. The van der Waals surface area contributed by atoms with E-state index >= 15 is 0 Å². The van der Waals surface area contributed by atoms with Gasteiger partial charge in [-0.1, -0.05) is 0 Å². The minimum Gasteiger partial charge on any atom is -0.356 e.